The SMILES string of the molecule is Cc1nc(Nc2ccc(F)cc2)nc(N2CCc3ccccc3C2C)c1COC(=O)C(N)C(C)C.Cl.Cl. The van der Waals surface area contributed by atoms with Gasteiger partial charge in [0.1, 0.15) is 24.3 Å². The second kappa shape index (κ2) is 13.0. The number of hydrogen-bond donors (Lipinski definition) is 2. The van der Waals surface area contributed by atoms with Gasteiger partial charge in [0, 0.05) is 12.2 Å². The maximum Gasteiger partial charge on any atom is 0.323 e. The van der Waals surface area contributed by atoms with Crippen molar-refractivity contribution in [2.24, 2.45) is 11.7 Å². The Morgan fingerprint density at radius 3 is 2.51 bits per heavy atom. The van der Waals surface area contributed by atoms with E-state index in [2.05, 4.69) is 40.3 Å². The van der Waals surface area contributed by atoms with E-state index >= 15 is 0 Å². The van der Waals surface area contributed by atoms with Crippen LogP contribution in [0.15, 0.2) is 48.5 Å². The molecule has 2 heterocycles. The van der Waals surface area contributed by atoms with E-state index in [4.69, 9.17) is 15.5 Å². The van der Waals surface area contributed by atoms with E-state index in [-0.39, 0.29) is 49.2 Å². The first-order valence-electron chi connectivity index (χ1n) is 11.9. The lowest BCUT2D eigenvalue weighted by Gasteiger charge is -2.37. The van der Waals surface area contributed by atoms with Crippen molar-refractivity contribution in [3.8, 4) is 0 Å². The summed E-state index contributed by atoms with van der Waals surface area (Å²) in [5, 5.41) is 3.17. The number of aromatic nitrogens is 2. The van der Waals surface area contributed by atoms with Crippen LogP contribution < -0.4 is 16.0 Å². The van der Waals surface area contributed by atoms with Crippen LogP contribution >= 0.6 is 24.8 Å². The molecule has 0 spiro atoms. The van der Waals surface area contributed by atoms with Crippen LogP contribution in [0.4, 0.5) is 21.8 Å². The van der Waals surface area contributed by atoms with E-state index < -0.39 is 12.0 Å². The number of nitrogens with zero attached hydrogens (tertiary/aromatic N) is 3. The summed E-state index contributed by atoms with van der Waals surface area (Å²) in [6, 6.07) is 13.8. The van der Waals surface area contributed by atoms with Gasteiger partial charge in [-0.25, -0.2) is 9.37 Å². The van der Waals surface area contributed by atoms with Gasteiger partial charge in [-0.05, 0) is 61.6 Å². The van der Waals surface area contributed by atoms with E-state index in [1.807, 2.05) is 26.8 Å². The minimum atomic E-state index is -0.695. The summed E-state index contributed by atoms with van der Waals surface area (Å²) >= 11 is 0. The normalized spacial score (nSPS) is 15.2. The number of anilines is 3. The summed E-state index contributed by atoms with van der Waals surface area (Å²) in [5.41, 5.74) is 10.7. The summed E-state index contributed by atoms with van der Waals surface area (Å²) in [6.45, 7) is 8.57. The maximum atomic E-state index is 13.4. The van der Waals surface area contributed by atoms with Crippen LogP contribution in [0, 0.1) is 18.7 Å². The molecule has 1 aromatic heterocycles. The Kier molecular flexibility index (Phi) is 10.7. The van der Waals surface area contributed by atoms with Crippen LogP contribution in [-0.4, -0.2) is 28.5 Å². The number of fused-ring (bicyclic) bond motifs is 1. The van der Waals surface area contributed by atoms with Crippen molar-refractivity contribution in [3.63, 3.8) is 0 Å². The van der Waals surface area contributed by atoms with Crippen LogP contribution in [0.1, 0.15) is 49.2 Å². The first-order valence-corrected chi connectivity index (χ1v) is 11.9. The highest BCUT2D eigenvalue weighted by atomic mass is 35.5. The standard InChI is InChI=1S/C27H32FN5O2.2ClH/c1-16(2)24(29)26(34)35-15-23-17(3)30-27(31-21-11-9-20(28)10-12-21)32-25(23)33-14-13-19-7-5-6-8-22(19)18(33)4;;/h5-12,16,18,24H,13-15,29H2,1-4H3,(H,30,31,32);2*1H. The number of rotatable bonds is 7. The lowest BCUT2D eigenvalue weighted by atomic mass is 9.93. The van der Waals surface area contributed by atoms with Gasteiger partial charge < -0.3 is 20.7 Å². The summed E-state index contributed by atoms with van der Waals surface area (Å²) in [5.74, 6) is 0.307. The number of ether oxygens (including phenoxy) is 1. The molecule has 4 rings (SSSR count). The molecule has 7 nitrogen and oxygen atoms in total. The quantitative estimate of drug-likeness (QED) is 0.367. The zero-order chi connectivity index (χ0) is 25.1. The van der Waals surface area contributed by atoms with Gasteiger partial charge in [-0.1, -0.05) is 38.1 Å². The fourth-order valence-corrected chi connectivity index (χ4v) is 4.28. The third kappa shape index (κ3) is 6.89. The number of aryl methyl sites for hydroxylation is 1. The molecule has 1 aliphatic heterocycles. The largest absolute Gasteiger partial charge is 0.459 e. The number of hydrogen-bond acceptors (Lipinski definition) is 7. The minimum Gasteiger partial charge on any atom is -0.459 e. The highest BCUT2D eigenvalue weighted by Gasteiger charge is 2.29. The van der Waals surface area contributed by atoms with Gasteiger partial charge in [0.05, 0.1) is 17.3 Å². The van der Waals surface area contributed by atoms with Gasteiger partial charge in [-0.15, -0.1) is 24.8 Å². The van der Waals surface area contributed by atoms with Crippen LogP contribution in [0.2, 0.25) is 0 Å². The van der Waals surface area contributed by atoms with Crippen LogP contribution in [-0.2, 0) is 22.6 Å². The van der Waals surface area contributed by atoms with E-state index in [1.54, 1.807) is 12.1 Å². The van der Waals surface area contributed by atoms with E-state index in [0.29, 0.717) is 23.1 Å². The molecule has 0 bridgehead atoms. The Morgan fingerprint density at radius 1 is 1.16 bits per heavy atom. The fraction of sp³-hybridized carbons (Fsp3) is 0.370. The molecule has 0 amide bonds. The summed E-state index contributed by atoms with van der Waals surface area (Å²) in [7, 11) is 0. The average molecular weight is 551 g/mol. The van der Waals surface area contributed by atoms with Crippen molar-refractivity contribution >= 4 is 48.2 Å². The van der Waals surface area contributed by atoms with Crippen LogP contribution in [0.3, 0.4) is 0 Å². The van der Waals surface area contributed by atoms with Gasteiger partial charge in [0.2, 0.25) is 5.95 Å². The van der Waals surface area contributed by atoms with Gasteiger partial charge in [0.15, 0.2) is 0 Å². The van der Waals surface area contributed by atoms with Crippen molar-refractivity contribution < 1.29 is 13.9 Å². The molecule has 2 aromatic carbocycles. The smallest absolute Gasteiger partial charge is 0.323 e. The highest BCUT2D eigenvalue weighted by molar-refractivity contribution is 5.85. The minimum absolute atomic E-state index is 0. The number of carbonyl (C=O) groups is 1. The zero-order valence-electron chi connectivity index (χ0n) is 21.4. The van der Waals surface area contributed by atoms with E-state index in [1.165, 1.54) is 23.3 Å². The number of esters is 1. The number of nitrogens with two attached hydrogens (primary N) is 1. The summed E-state index contributed by atoms with van der Waals surface area (Å²) < 4.78 is 19.0. The van der Waals surface area contributed by atoms with Crippen LogP contribution in [0.5, 0.6) is 0 Å². The summed E-state index contributed by atoms with van der Waals surface area (Å²) in [4.78, 5) is 24.1. The lowest BCUT2D eigenvalue weighted by Crippen LogP contribution is -2.38. The Bertz CT molecular complexity index is 1210. The fourth-order valence-electron chi connectivity index (χ4n) is 4.28. The Balaban J connectivity index is 0.00000241. The van der Waals surface area contributed by atoms with E-state index in [9.17, 15) is 9.18 Å². The van der Waals surface area contributed by atoms with Gasteiger partial charge >= 0.3 is 5.97 Å². The maximum absolute atomic E-state index is 13.4. The average Bonchev–Trinajstić information content (AvgIpc) is 2.84. The topological polar surface area (TPSA) is 93.4 Å². The molecule has 200 valence electrons. The first kappa shape index (κ1) is 30.3. The van der Waals surface area contributed by atoms with Gasteiger partial charge in [-0.3, -0.25) is 4.79 Å². The predicted molar refractivity (Wildman–Crippen MR) is 149 cm³/mol. The van der Waals surface area contributed by atoms with Crippen molar-refractivity contribution in [1.82, 2.24) is 9.97 Å². The van der Waals surface area contributed by atoms with Crippen molar-refractivity contribution in [2.45, 2.75) is 52.8 Å². The van der Waals surface area contributed by atoms with Crippen LogP contribution in [0.25, 0.3) is 0 Å². The Hall–Kier alpha value is -2.94. The Labute approximate surface area is 229 Å². The molecule has 0 radical (unpaired) electrons. The monoisotopic (exact) mass is 549 g/mol. The zero-order valence-corrected chi connectivity index (χ0v) is 23.0. The molecule has 37 heavy (non-hydrogen) atoms. The number of carbonyl (C=O) groups excluding carboxylic acids is 1. The molecule has 3 N–H and O–H groups in total. The van der Waals surface area contributed by atoms with Gasteiger partial charge in [-0.2, -0.15) is 4.98 Å². The molecular weight excluding hydrogens is 516 g/mol. The van der Waals surface area contributed by atoms with Crippen molar-refractivity contribution in [3.05, 3.63) is 76.7 Å². The molecule has 0 aliphatic carbocycles. The lowest BCUT2D eigenvalue weighted by molar-refractivity contribution is -0.147. The third-order valence-electron chi connectivity index (χ3n) is 6.51. The molecule has 2 atom stereocenters. The molecule has 10 heteroatoms. The molecule has 3 aromatic rings. The van der Waals surface area contributed by atoms with E-state index in [0.717, 1.165) is 18.5 Å². The van der Waals surface area contributed by atoms with Crippen molar-refractivity contribution in [1.29, 1.82) is 0 Å². The second-order valence-corrected chi connectivity index (χ2v) is 9.26. The predicted octanol–water partition coefficient (Wildman–Crippen LogP) is 5.66. The molecule has 1 aliphatic rings. The first-order chi connectivity index (χ1) is 16.7. The number of halogens is 3. The Morgan fingerprint density at radius 2 is 1.84 bits per heavy atom. The number of nitrogens with one attached hydrogen (secondary N) is 1. The number of benzene rings is 2. The summed E-state index contributed by atoms with van der Waals surface area (Å²) in [6.07, 6.45) is 0.877. The highest BCUT2D eigenvalue weighted by Crippen LogP contribution is 2.36. The third-order valence-corrected chi connectivity index (χ3v) is 6.51. The molecule has 0 fully saturated rings. The molecular formula is C27H34Cl2FN5O2. The second-order valence-electron chi connectivity index (χ2n) is 9.26. The molecule has 0 saturated heterocycles. The molecule has 2 unspecified atom stereocenters. The van der Waals surface area contributed by atoms with Gasteiger partial charge in [0.25, 0.3) is 0 Å². The van der Waals surface area contributed by atoms with Crippen molar-refractivity contribution in [2.75, 3.05) is 16.8 Å². The molecule has 0 saturated carbocycles.